The van der Waals surface area contributed by atoms with E-state index in [9.17, 15) is 4.79 Å². The Balaban J connectivity index is 2.53. The fourth-order valence-corrected chi connectivity index (χ4v) is 3.83. The molecular formula is C20H40N2O2. The normalized spacial score (nSPS) is 24.5. The number of ether oxygens (including phenoxy) is 1. The summed E-state index contributed by atoms with van der Waals surface area (Å²) < 4.78 is 5.37. The van der Waals surface area contributed by atoms with Crippen LogP contribution in [-0.4, -0.2) is 30.3 Å². The molecule has 0 aromatic rings. The molecule has 1 aliphatic rings. The minimum absolute atomic E-state index is 0.0915. The monoisotopic (exact) mass is 340 g/mol. The number of amides is 1. The van der Waals surface area contributed by atoms with E-state index in [2.05, 4.69) is 38.3 Å². The number of nitrogens with one attached hydrogen (secondary N) is 2. The third kappa shape index (κ3) is 8.91. The molecule has 2 N–H and O–H groups in total. The second kappa shape index (κ2) is 9.07. The molecule has 0 aliphatic heterocycles. The van der Waals surface area contributed by atoms with Gasteiger partial charge in [-0.05, 0) is 71.3 Å². The second-order valence-electron chi connectivity index (χ2n) is 9.53. The van der Waals surface area contributed by atoms with Gasteiger partial charge in [0.1, 0.15) is 5.60 Å². The van der Waals surface area contributed by atoms with Crippen molar-refractivity contribution in [2.75, 3.05) is 13.1 Å². The smallest absolute Gasteiger partial charge is 0.407 e. The lowest BCUT2D eigenvalue weighted by Crippen LogP contribution is -2.54. The first-order valence-corrected chi connectivity index (χ1v) is 9.71. The van der Waals surface area contributed by atoms with Crippen molar-refractivity contribution in [1.29, 1.82) is 0 Å². The molecule has 1 fully saturated rings. The van der Waals surface area contributed by atoms with Crippen molar-refractivity contribution >= 4 is 6.09 Å². The van der Waals surface area contributed by atoms with Gasteiger partial charge in [-0.1, -0.05) is 33.6 Å². The number of carbonyl (C=O) groups is 1. The van der Waals surface area contributed by atoms with Gasteiger partial charge in [0.2, 0.25) is 0 Å². The van der Waals surface area contributed by atoms with Gasteiger partial charge in [-0.2, -0.15) is 0 Å². The number of rotatable bonds is 7. The molecule has 142 valence electrons. The maximum absolute atomic E-state index is 12.0. The fraction of sp³-hybridized carbons (Fsp3) is 0.950. The van der Waals surface area contributed by atoms with Gasteiger partial charge < -0.3 is 15.4 Å². The zero-order valence-electron chi connectivity index (χ0n) is 17.0. The average molecular weight is 341 g/mol. The van der Waals surface area contributed by atoms with Gasteiger partial charge in [-0.3, -0.25) is 0 Å². The van der Waals surface area contributed by atoms with Gasteiger partial charge in [0, 0.05) is 12.1 Å². The van der Waals surface area contributed by atoms with Crippen LogP contribution in [0.4, 0.5) is 4.79 Å². The van der Waals surface area contributed by atoms with Crippen LogP contribution in [0.25, 0.3) is 0 Å². The molecule has 0 aromatic carbocycles. The molecule has 4 heteroatoms. The van der Waals surface area contributed by atoms with Crippen molar-refractivity contribution in [1.82, 2.24) is 10.6 Å². The maximum Gasteiger partial charge on any atom is 0.407 e. The maximum atomic E-state index is 12.0. The quantitative estimate of drug-likeness (QED) is 0.704. The minimum Gasteiger partial charge on any atom is -0.444 e. The molecule has 0 radical (unpaired) electrons. The molecule has 1 aliphatic carbocycles. The first-order chi connectivity index (χ1) is 11.0. The summed E-state index contributed by atoms with van der Waals surface area (Å²) in [4.78, 5) is 12.0. The van der Waals surface area contributed by atoms with E-state index in [4.69, 9.17) is 4.74 Å². The van der Waals surface area contributed by atoms with Crippen molar-refractivity contribution in [3.63, 3.8) is 0 Å². The second-order valence-corrected chi connectivity index (χ2v) is 9.53. The molecule has 0 aromatic heterocycles. The molecule has 24 heavy (non-hydrogen) atoms. The lowest BCUT2D eigenvalue weighted by Gasteiger charge is -2.36. The summed E-state index contributed by atoms with van der Waals surface area (Å²) in [5.74, 6) is 2.19. The topological polar surface area (TPSA) is 50.4 Å². The van der Waals surface area contributed by atoms with Crippen LogP contribution in [0.3, 0.4) is 0 Å². The summed E-state index contributed by atoms with van der Waals surface area (Å²) in [6.07, 6.45) is 6.08. The number of alkyl carbamates (subject to hydrolysis) is 1. The summed E-state index contributed by atoms with van der Waals surface area (Å²) in [6, 6.07) is 0. The fourth-order valence-electron chi connectivity index (χ4n) is 3.83. The number of hydrogen-bond donors (Lipinski definition) is 2. The lowest BCUT2D eigenvalue weighted by atomic mass is 9.81. The Bertz CT molecular complexity index is 390. The van der Waals surface area contributed by atoms with Crippen LogP contribution in [0.15, 0.2) is 0 Å². The Labute approximate surface area is 149 Å². The zero-order chi connectivity index (χ0) is 18.4. The third-order valence-corrected chi connectivity index (χ3v) is 4.74. The lowest BCUT2D eigenvalue weighted by molar-refractivity contribution is 0.0506. The summed E-state index contributed by atoms with van der Waals surface area (Å²) in [6.45, 7) is 16.4. The molecule has 0 saturated heterocycles. The molecule has 3 unspecified atom stereocenters. The Morgan fingerprint density at radius 1 is 1.21 bits per heavy atom. The molecule has 4 nitrogen and oxygen atoms in total. The Morgan fingerprint density at radius 2 is 1.88 bits per heavy atom. The van der Waals surface area contributed by atoms with E-state index in [0.717, 1.165) is 24.8 Å². The average Bonchev–Trinajstić information content (AvgIpc) is 2.41. The van der Waals surface area contributed by atoms with Gasteiger partial charge >= 0.3 is 6.09 Å². The molecule has 0 bridgehead atoms. The molecule has 1 saturated carbocycles. The van der Waals surface area contributed by atoms with Crippen molar-refractivity contribution in [3.8, 4) is 0 Å². The Morgan fingerprint density at radius 3 is 2.42 bits per heavy atom. The molecule has 1 amide bonds. The Hall–Kier alpha value is -0.770. The predicted molar refractivity (Wildman–Crippen MR) is 101 cm³/mol. The van der Waals surface area contributed by atoms with Gasteiger partial charge in [-0.15, -0.1) is 0 Å². The van der Waals surface area contributed by atoms with Crippen molar-refractivity contribution in [3.05, 3.63) is 0 Å². The van der Waals surface area contributed by atoms with Crippen LogP contribution in [0.1, 0.15) is 80.6 Å². The highest BCUT2D eigenvalue weighted by Gasteiger charge is 2.29. The molecule has 0 spiro atoms. The summed E-state index contributed by atoms with van der Waals surface area (Å²) in [5, 5.41) is 6.72. The van der Waals surface area contributed by atoms with E-state index in [1.54, 1.807) is 0 Å². The van der Waals surface area contributed by atoms with Crippen LogP contribution in [0, 0.1) is 17.8 Å². The first kappa shape index (κ1) is 21.3. The van der Waals surface area contributed by atoms with E-state index in [1.165, 1.54) is 25.7 Å². The van der Waals surface area contributed by atoms with Crippen LogP contribution in [-0.2, 0) is 4.74 Å². The largest absolute Gasteiger partial charge is 0.444 e. The van der Waals surface area contributed by atoms with Gasteiger partial charge in [0.05, 0.1) is 0 Å². The number of carbonyl (C=O) groups excluding carboxylic acids is 1. The van der Waals surface area contributed by atoms with E-state index in [0.29, 0.717) is 12.5 Å². The van der Waals surface area contributed by atoms with Crippen LogP contribution < -0.4 is 10.6 Å². The molecular weight excluding hydrogens is 300 g/mol. The van der Waals surface area contributed by atoms with E-state index in [-0.39, 0.29) is 11.6 Å². The predicted octanol–water partition coefficient (Wildman–Crippen LogP) is 4.73. The third-order valence-electron chi connectivity index (χ3n) is 4.74. The Kier molecular flexibility index (Phi) is 8.04. The molecule has 1 rings (SSSR count). The van der Waals surface area contributed by atoms with E-state index < -0.39 is 5.60 Å². The molecule has 0 heterocycles. The SMILES string of the molecule is CC(C)CC(C)(CNC(=O)OC(C)(C)C)NCC1CCCC(C)C1. The van der Waals surface area contributed by atoms with E-state index in [1.807, 2.05) is 20.8 Å². The minimum atomic E-state index is -0.454. The van der Waals surface area contributed by atoms with Crippen LogP contribution >= 0.6 is 0 Å². The van der Waals surface area contributed by atoms with Gasteiger partial charge in [0.25, 0.3) is 0 Å². The first-order valence-electron chi connectivity index (χ1n) is 9.71. The van der Waals surface area contributed by atoms with Crippen LogP contribution in [0.5, 0.6) is 0 Å². The summed E-state index contributed by atoms with van der Waals surface area (Å²) >= 11 is 0. The highest BCUT2D eigenvalue weighted by atomic mass is 16.6. The zero-order valence-corrected chi connectivity index (χ0v) is 17.0. The van der Waals surface area contributed by atoms with Crippen molar-refractivity contribution in [2.45, 2.75) is 91.7 Å². The van der Waals surface area contributed by atoms with Crippen molar-refractivity contribution in [2.24, 2.45) is 17.8 Å². The summed E-state index contributed by atoms with van der Waals surface area (Å²) in [7, 11) is 0. The molecule has 3 atom stereocenters. The highest BCUT2D eigenvalue weighted by Crippen LogP contribution is 2.28. The van der Waals surface area contributed by atoms with E-state index >= 15 is 0 Å². The summed E-state index contributed by atoms with van der Waals surface area (Å²) in [5.41, 5.74) is -0.546. The van der Waals surface area contributed by atoms with Crippen molar-refractivity contribution < 1.29 is 9.53 Å². The standard InChI is InChI=1S/C20H40N2O2/c1-15(2)12-20(7,14-21-18(23)24-19(4,5)6)22-13-17-10-8-9-16(3)11-17/h15-17,22H,8-14H2,1-7H3,(H,21,23). The number of hydrogen-bond acceptors (Lipinski definition) is 3. The van der Waals surface area contributed by atoms with Gasteiger partial charge in [0.15, 0.2) is 0 Å². The highest BCUT2D eigenvalue weighted by molar-refractivity contribution is 5.67. The van der Waals surface area contributed by atoms with Gasteiger partial charge in [-0.25, -0.2) is 4.79 Å². The van der Waals surface area contributed by atoms with Crippen LogP contribution in [0.2, 0.25) is 0 Å².